The SMILES string of the molecule is CC[C@@H](C)C(C)CO. The fraction of sp³-hybridized carbons (Fsp3) is 1.00. The molecule has 0 radical (unpaired) electrons. The fourth-order valence-corrected chi connectivity index (χ4v) is 0.582. The van der Waals surface area contributed by atoms with Crippen LogP contribution in [0.3, 0.4) is 0 Å². The van der Waals surface area contributed by atoms with Crippen LogP contribution in [0.15, 0.2) is 0 Å². The third-order valence-electron chi connectivity index (χ3n) is 1.90. The van der Waals surface area contributed by atoms with Crippen molar-refractivity contribution in [1.82, 2.24) is 0 Å². The van der Waals surface area contributed by atoms with Gasteiger partial charge < -0.3 is 5.11 Å². The Kier molecular flexibility index (Phi) is 3.88. The summed E-state index contributed by atoms with van der Waals surface area (Å²) in [5.74, 6) is 1.14. The second-order valence-electron chi connectivity index (χ2n) is 2.55. The minimum absolute atomic E-state index is 0.328. The summed E-state index contributed by atoms with van der Waals surface area (Å²) in [4.78, 5) is 0. The summed E-state index contributed by atoms with van der Waals surface area (Å²) in [6.07, 6.45) is 1.17. The second-order valence-corrected chi connectivity index (χ2v) is 2.55. The van der Waals surface area contributed by atoms with Gasteiger partial charge in [0.25, 0.3) is 0 Å². The monoisotopic (exact) mass is 116 g/mol. The molecule has 0 aliphatic carbocycles. The molecule has 1 nitrogen and oxygen atoms in total. The van der Waals surface area contributed by atoms with E-state index in [0.29, 0.717) is 18.4 Å². The normalized spacial score (nSPS) is 18.0. The van der Waals surface area contributed by atoms with Crippen LogP contribution in [0.2, 0.25) is 0 Å². The predicted molar refractivity (Wildman–Crippen MR) is 35.7 cm³/mol. The highest BCUT2D eigenvalue weighted by atomic mass is 16.3. The molecule has 0 rings (SSSR count). The Morgan fingerprint density at radius 3 is 1.88 bits per heavy atom. The van der Waals surface area contributed by atoms with Gasteiger partial charge in [-0.15, -0.1) is 0 Å². The molecule has 1 heteroatoms. The van der Waals surface area contributed by atoms with Crippen molar-refractivity contribution in [3.63, 3.8) is 0 Å². The van der Waals surface area contributed by atoms with E-state index in [2.05, 4.69) is 20.8 Å². The molecule has 0 aliphatic heterocycles. The first-order valence-corrected chi connectivity index (χ1v) is 3.33. The molecule has 0 bridgehead atoms. The largest absolute Gasteiger partial charge is 0.396 e. The van der Waals surface area contributed by atoms with Crippen molar-refractivity contribution in [2.45, 2.75) is 27.2 Å². The topological polar surface area (TPSA) is 20.2 Å². The smallest absolute Gasteiger partial charge is 0.0459 e. The van der Waals surface area contributed by atoms with Crippen molar-refractivity contribution in [2.75, 3.05) is 6.61 Å². The Hall–Kier alpha value is -0.0400. The van der Waals surface area contributed by atoms with E-state index >= 15 is 0 Å². The molecular weight excluding hydrogens is 100 g/mol. The highest BCUT2D eigenvalue weighted by Gasteiger charge is 2.06. The minimum Gasteiger partial charge on any atom is -0.396 e. The Bertz CT molecular complexity index is 44.3. The van der Waals surface area contributed by atoms with Crippen LogP contribution in [-0.2, 0) is 0 Å². The van der Waals surface area contributed by atoms with Crippen LogP contribution < -0.4 is 0 Å². The molecule has 0 aromatic carbocycles. The van der Waals surface area contributed by atoms with Gasteiger partial charge in [-0.25, -0.2) is 0 Å². The van der Waals surface area contributed by atoms with Crippen LogP contribution >= 0.6 is 0 Å². The van der Waals surface area contributed by atoms with E-state index in [1.807, 2.05) is 0 Å². The van der Waals surface area contributed by atoms with Gasteiger partial charge in [0.05, 0.1) is 0 Å². The molecule has 0 heterocycles. The van der Waals surface area contributed by atoms with E-state index in [0.717, 1.165) is 0 Å². The molecule has 0 aliphatic rings. The molecule has 0 amide bonds. The zero-order valence-electron chi connectivity index (χ0n) is 6.02. The molecule has 0 fully saturated rings. The van der Waals surface area contributed by atoms with Crippen molar-refractivity contribution in [1.29, 1.82) is 0 Å². The number of hydrogen-bond donors (Lipinski definition) is 1. The maximum Gasteiger partial charge on any atom is 0.0459 e. The molecule has 1 unspecified atom stereocenters. The zero-order chi connectivity index (χ0) is 6.57. The molecule has 0 saturated heterocycles. The van der Waals surface area contributed by atoms with Gasteiger partial charge in [0.2, 0.25) is 0 Å². The number of rotatable bonds is 3. The van der Waals surface area contributed by atoms with Crippen LogP contribution in [0.4, 0.5) is 0 Å². The van der Waals surface area contributed by atoms with Crippen LogP contribution in [0.5, 0.6) is 0 Å². The van der Waals surface area contributed by atoms with Crippen LogP contribution in [0.25, 0.3) is 0 Å². The first-order chi connectivity index (χ1) is 3.72. The van der Waals surface area contributed by atoms with E-state index in [-0.39, 0.29) is 0 Å². The molecule has 8 heavy (non-hydrogen) atoms. The summed E-state index contributed by atoms with van der Waals surface area (Å²) in [5, 5.41) is 8.64. The summed E-state index contributed by atoms with van der Waals surface area (Å²) in [6, 6.07) is 0. The molecule has 0 saturated carbocycles. The summed E-state index contributed by atoms with van der Waals surface area (Å²) < 4.78 is 0. The number of aliphatic hydroxyl groups is 1. The van der Waals surface area contributed by atoms with Crippen LogP contribution in [-0.4, -0.2) is 11.7 Å². The predicted octanol–water partition coefficient (Wildman–Crippen LogP) is 1.66. The lowest BCUT2D eigenvalue weighted by Gasteiger charge is -2.13. The van der Waals surface area contributed by atoms with Crippen molar-refractivity contribution in [3.8, 4) is 0 Å². The molecular formula is C7H16O. The molecule has 2 atom stereocenters. The third-order valence-corrected chi connectivity index (χ3v) is 1.90. The number of hydrogen-bond acceptors (Lipinski definition) is 1. The lowest BCUT2D eigenvalue weighted by Crippen LogP contribution is -2.10. The molecule has 1 N–H and O–H groups in total. The Balaban J connectivity index is 3.29. The van der Waals surface area contributed by atoms with Gasteiger partial charge in [0.1, 0.15) is 0 Å². The van der Waals surface area contributed by atoms with Crippen molar-refractivity contribution in [3.05, 3.63) is 0 Å². The van der Waals surface area contributed by atoms with Crippen molar-refractivity contribution in [2.24, 2.45) is 11.8 Å². The first-order valence-electron chi connectivity index (χ1n) is 3.33. The highest BCUT2D eigenvalue weighted by molar-refractivity contribution is 4.56. The highest BCUT2D eigenvalue weighted by Crippen LogP contribution is 2.12. The van der Waals surface area contributed by atoms with E-state index < -0.39 is 0 Å². The second kappa shape index (κ2) is 3.90. The minimum atomic E-state index is 0.328. The van der Waals surface area contributed by atoms with Crippen molar-refractivity contribution >= 4 is 0 Å². The van der Waals surface area contributed by atoms with Gasteiger partial charge in [0, 0.05) is 6.61 Å². The van der Waals surface area contributed by atoms with Crippen LogP contribution in [0, 0.1) is 11.8 Å². The quantitative estimate of drug-likeness (QED) is 0.594. The van der Waals surface area contributed by atoms with E-state index in [1.54, 1.807) is 0 Å². The first kappa shape index (κ1) is 7.96. The lowest BCUT2D eigenvalue weighted by molar-refractivity contribution is 0.193. The standard InChI is InChI=1S/C7H16O/c1-4-6(2)7(3)5-8/h6-8H,4-5H2,1-3H3/t6-,7?/m1/s1. The van der Waals surface area contributed by atoms with Crippen molar-refractivity contribution < 1.29 is 5.11 Å². The maximum atomic E-state index is 8.64. The van der Waals surface area contributed by atoms with Gasteiger partial charge in [-0.1, -0.05) is 27.2 Å². The molecule has 0 aromatic rings. The Morgan fingerprint density at radius 2 is 1.75 bits per heavy atom. The molecule has 0 spiro atoms. The van der Waals surface area contributed by atoms with Gasteiger partial charge in [-0.2, -0.15) is 0 Å². The lowest BCUT2D eigenvalue weighted by atomic mass is 9.95. The maximum absolute atomic E-state index is 8.64. The van der Waals surface area contributed by atoms with Gasteiger partial charge in [-0.05, 0) is 11.8 Å². The Morgan fingerprint density at radius 1 is 1.25 bits per heavy atom. The molecule has 0 aromatic heterocycles. The summed E-state index contributed by atoms with van der Waals surface area (Å²) in [6.45, 7) is 6.72. The summed E-state index contributed by atoms with van der Waals surface area (Å²) >= 11 is 0. The van der Waals surface area contributed by atoms with Gasteiger partial charge >= 0.3 is 0 Å². The number of aliphatic hydroxyl groups excluding tert-OH is 1. The van der Waals surface area contributed by atoms with E-state index in [4.69, 9.17) is 5.11 Å². The fourth-order valence-electron chi connectivity index (χ4n) is 0.582. The van der Waals surface area contributed by atoms with Gasteiger partial charge in [-0.3, -0.25) is 0 Å². The Labute approximate surface area is 51.7 Å². The van der Waals surface area contributed by atoms with Gasteiger partial charge in [0.15, 0.2) is 0 Å². The van der Waals surface area contributed by atoms with E-state index in [1.165, 1.54) is 6.42 Å². The molecule has 50 valence electrons. The summed E-state index contributed by atoms with van der Waals surface area (Å²) in [7, 11) is 0. The average molecular weight is 116 g/mol. The van der Waals surface area contributed by atoms with Crippen LogP contribution in [0.1, 0.15) is 27.2 Å². The van der Waals surface area contributed by atoms with E-state index in [9.17, 15) is 0 Å². The average Bonchev–Trinajstić information content (AvgIpc) is 1.84. The third kappa shape index (κ3) is 2.31. The summed E-state index contributed by atoms with van der Waals surface area (Å²) in [5.41, 5.74) is 0. The zero-order valence-corrected chi connectivity index (χ0v) is 6.02.